The molecule has 3 atom stereocenters. The van der Waals surface area contributed by atoms with Crippen LogP contribution in [0.5, 0.6) is 0 Å². The molecular formula is C15H20Cl2N2O2. The van der Waals surface area contributed by atoms with Crippen molar-refractivity contribution in [3.8, 4) is 0 Å². The van der Waals surface area contributed by atoms with Crippen molar-refractivity contribution in [2.45, 2.75) is 46.1 Å². The second-order valence-corrected chi connectivity index (χ2v) is 6.89. The SMILES string of the molecule is CC1CCC(C(C)C)C(OC(=O)c2cc(Cl)nnc2Cl)C1. The van der Waals surface area contributed by atoms with Gasteiger partial charge >= 0.3 is 5.97 Å². The molecule has 0 amide bonds. The van der Waals surface area contributed by atoms with Gasteiger partial charge in [0.1, 0.15) is 11.7 Å². The Morgan fingerprint density at radius 1 is 1.33 bits per heavy atom. The summed E-state index contributed by atoms with van der Waals surface area (Å²) in [5.41, 5.74) is 0.178. The van der Waals surface area contributed by atoms with Crippen LogP contribution in [0.2, 0.25) is 10.3 Å². The van der Waals surface area contributed by atoms with Crippen LogP contribution in [-0.2, 0) is 4.74 Å². The van der Waals surface area contributed by atoms with Gasteiger partial charge in [0.15, 0.2) is 10.3 Å². The van der Waals surface area contributed by atoms with Crippen LogP contribution in [0.1, 0.15) is 50.4 Å². The first kappa shape index (κ1) is 16.5. The van der Waals surface area contributed by atoms with Crippen LogP contribution < -0.4 is 0 Å². The maximum atomic E-state index is 12.3. The number of hydrogen-bond donors (Lipinski definition) is 0. The van der Waals surface area contributed by atoms with Crippen LogP contribution in [0.15, 0.2) is 6.07 Å². The largest absolute Gasteiger partial charge is 0.458 e. The lowest BCUT2D eigenvalue weighted by molar-refractivity contribution is -0.0174. The zero-order chi connectivity index (χ0) is 15.6. The minimum atomic E-state index is -0.471. The van der Waals surface area contributed by atoms with Gasteiger partial charge in [-0.3, -0.25) is 0 Å². The van der Waals surface area contributed by atoms with Gasteiger partial charge in [-0.25, -0.2) is 4.79 Å². The second kappa shape index (κ2) is 6.93. The van der Waals surface area contributed by atoms with Gasteiger partial charge in [0.2, 0.25) is 0 Å². The van der Waals surface area contributed by atoms with Crippen LogP contribution in [0, 0.1) is 17.8 Å². The van der Waals surface area contributed by atoms with Gasteiger partial charge in [0.25, 0.3) is 0 Å². The summed E-state index contributed by atoms with van der Waals surface area (Å²) in [5, 5.41) is 7.40. The van der Waals surface area contributed by atoms with Crippen LogP contribution >= 0.6 is 23.2 Å². The number of esters is 1. The van der Waals surface area contributed by atoms with E-state index in [-0.39, 0.29) is 22.0 Å². The second-order valence-electron chi connectivity index (χ2n) is 6.14. The Kier molecular flexibility index (Phi) is 5.44. The molecule has 1 aliphatic rings. The molecule has 1 fully saturated rings. The normalized spacial score (nSPS) is 25.9. The van der Waals surface area contributed by atoms with Gasteiger partial charge in [-0.2, -0.15) is 0 Å². The molecule has 0 radical (unpaired) electrons. The summed E-state index contributed by atoms with van der Waals surface area (Å²) >= 11 is 11.7. The molecule has 0 saturated heterocycles. The van der Waals surface area contributed by atoms with E-state index in [1.807, 2.05) is 0 Å². The highest BCUT2D eigenvalue weighted by Crippen LogP contribution is 2.36. The fraction of sp³-hybridized carbons (Fsp3) is 0.667. The minimum absolute atomic E-state index is 0.0226. The van der Waals surface area contributed by atoms with Crippen LogP contribution in [0.3, 0.4) is 0 Å². The Balaban J connectivity index is 2.14. The van der Waals surface area contributed by atoms with E-state index in [9.17, 15) is 4.79 Å². The molecule has 6 heteroatoms. The third kappa shape index (κ3) is 4.07. The molecule has 0 spiro atoms. The van der Waals surface area contributed by atoms with E-state index < -0.39 is 5.97 Å². The van der Waals surface area contributed by atoms with Crippen molar-refractivity contribution in [3.63, 3.8) is 0 Å². The van der Waals surface area contributed by atoms with Gasteiger partial charge in [-0.1, -0.05) is 50.4 Å². The van der Waals surface area contributed by atoms with Crippen molar-refractivity contribution in [2.24, 2.45) is 17.8 Å². The van der Waals surface area contributed by atoms with Crippen molar-refractivity contribution < 1.29 is 9.53 Å². The number of ether oxygens (including phenoxy) is 1. The van der Waals surface area contributed by atoms with Crippen molar-refractivity contribution in [2.75, 3.05) is 0 Å². The summed E-state index contributed by atoms with van der Waals surface area (Å²) in [4.78, 5) is 12.3. The Morgan fingerprint density at radius 3 is 2.71 bits per heavy atom. The predicted molar refractivity (Wildman–Crippen MR) is 82.6 cm³/mol. The number of carbonyl (C=O) groups is 1. The fourth-order valence-electron chi connectivity index (χ4n) is 2.95. The van der Waals surface area contributed by atoms with Crippen LogP contribution in [0.25, 0.3) is 0 Å². The topological polar surface area (TPSA) is 52.1 Å². The van der Waals surface area contributed by atoms with E-state index in [1.165, 1.54) is 12.5 Å². The smallest absolute Gasteiger partial charge is 0.341 e. The molecule has 4 nitrogen and oxygen atoms in total. The molecule has 3 unspecified atom stereocenters. The minimum Gasteiger partial charge on any atom is -0.458 e. The third-order valence-corrected chi connectivity index (χ3v) is 4.62. The van der Waals surface area contributed by atoms with Crippen molar-refractivity contribution in [1.82, 2.24) is 10.2 Å². The average molecular weight is 331 g/mol. The molecule has 1 aromatic rings. The van der Waals surface area contributed by atoms with E-state index >= 15 is 0 Å². The molecule has 0 aromatic carbocycles. The van der Waals surface area contributed by atoms with E-state index in [1.54, 1.807) is 0 Å². The quantitative estimate of drug-likeness (QED) is 0.770. The molecule has 1 aromatic heterocycles. The molecule has 21 heavy (non-hydrogen) atoms. The first-order valence-electron chi connectivity index (χ1n) is 7.28. The fourth-order valence-corrected chi connectivity index (χ4v) is 3.26. The van der Waals surface area contributed by atoms with Gasteiger partial charge in [-0.05, 0) is 36.7 Å². The molecule has 0 bridgehead atoms. The van der Waals surface area contributed by atoms with E-state index in [2.05, 4.69) is 31.0 Å². The lowest BCUT2D eigenvalue weighted by atomic mass is 9.75. The average Bonchev–Trinajstić information content (AvgIpc) is 2.41. The van der Waals surface area contributed by atoms with Crippen molar-refractivity contribution in [3.05, 3.63) is 21.9 Å². The number of carbonyl (C=O) groups excluding carboxylic acids is 1. The van der Waals surface area contributed by atoms with E-state index in [4.69, 9.17) is 27.9 Å². The monoisotopic (exact) mass is 330 g/mol. The highest BCUT2D eigenvalue weighted by atomic mass is 35.5. The first-order chi connectivity index (χ1) is 9.88. The van der Waals surface area contributed by atoms with Crippen molar-refractivity contribution >= 4 is 29.2 Å². The number of halogens is 2. The maximum absolute atomic E-state index is 12.3. The number of hydrogen-bond acceptors (Lipinski definition) is 4. The third-order valence-electron chi connectivity index (χ3n) is 4.16. The van der Waals surface area contributed by atoms with Gasteiger partial charge in [0, 0.05) is 0 Å². The first-order valence-corrected chi connectivity index (χ1v) is 8.03. The number of nitrogens with zero attached hydrogens (tertiary/aromatic N) is 2. The standard InChI is InChI=1S/C15H20Cl2N2O2/c1-8(2)10-5-4-9(3)6-12(10)21-15(20)11-7-13(16)18-19-14(11)17/h7-10,12H,4-6H2,1-3H3. The molecule has 0 aliphatic heterocycles. The zero-order valence-corrected chi connectivity index (χ0v) is 14.0. The summed E-state index contributed by atoms with van der Waals surface area (Å²) in [6.45, 7) is 6.52. The van der Waals surface area contributed by atoms with Gasteiger partial charge < -0.3 is 4.74 Å². The highest BCUT2D eigenvalue weighted by Gasteiger charge is 2.34. The molecule has 1 saturated carbocycles. The summed E-state index contributed by atoms with van der Waals surface area (Å²) in [7, 11) is 0. The van der Waals surface area contributed by atoms with Crippen molar-refractivity contribution in [1.29, 1.82) is 0 Å². The number of rotatable bonds is 3. The molecule has 2 rings (SSSR count). The maximum Gasteiger partial charge on any atom is 0.341 e. The number of aromatic nitrogens is 2. The van der Waals surface area contributed by atoms with Gasteiger partial charge in [-0.15, -0.1) is 10.2 Å². The zero-order valence-electron chi connectivity index (χ0n) is 12.5. The molecule has 1 aliphatic carbocycles. The summed E-state index contributed by atoms with van der Waals surface area (Å²) in [6.07, 6.45) is 3.07. The lowest BCUT2D eigenvalue weighted by Gasteiger charge is -2.36. The van der Waals surface area contributed by atoms with E-state index in [0.717, 1.165) is 12.8 Å². The Morgan fingerprint density at radius 2 is 2.05 bits per heavy atom. The molecular weight excluding hydrogens is 311 g/mol. The predicted octanol–water partition coefficient (Wildman–Crippen LogP) is 4.40. The summed E-state index contributed by atoms with van der Waals surface area (Å²) in [6, 6.07) is 1.40. The Labute approximate surface area is 135 Å². The Hall–Kier alpha value is -0.870. The van der Waals surface area contributed by atoms with Crippen LogP contribution in [0.4, 0.5) is 0 Å². The van der Waals surface area contributed by atoms with E-state index in [0.29, 0.717) is 17.8 Å². The molecule has 1 heterocycles. The van der Waals surface area contributed by atoms with Gasteiger partial charge in [0.05, 0.1) is 0 Å². The Bertz CT molecular complexity index is 522. The molecule has 116 valence electrons. The summed E-state index contributed by atoms with van der Waals surface area (Å²) in [5.74, 6) is 0.952. The lowest BCUT2D eigenvalue weighted by Crippen LogP contribution is -2.36. The van der Waals surface area contributed by atoms with Crippen LogP contribution in [-0.4, -0.2) is 22.3 Å². The summed E-state index contributed by atoms with van der Waals surface area (Å²) < 4.78 is 5.71. The highest BCUT2D eigenvalue weighted by molar-refractivity contribution is 6.33. The molecule has 0 N–H and O–H groups in total.